The van der Waals surface area contributed by atoms with Crippen LogP contribution in [0.25, 0.3) is 17.1 Å². The zero-order chi connectivity index (χ0) is 24.3. The molecular formula is C27H27FN4OS. The molecule has 0 radical (unpaired) electrons. The van der Waals surface area contributed by atoms with E-state index in [4.69, 9.17) is 0 Å². The van der Waals surface area contributed by atoms with Gasteiger partial charge in [0.1, 0.15) is 5.82 Å². The van der Waals surface area contributed by atoms with Crippen LogP contribution in [0.3, 0.4) is 0 Å². The Balaban J connectivity index is 1.62. The Hall–Kier alpha value is -3.45. The molecule has 0 aliphatic rings. The zero-order valence-electron chi connectivity index (χ0n) is 19.7. The van der Waals surface area contributed by atoms with Gasteiger partial charge in [-0.1, -0.05) is 80.6 Å². The van der Waals surface area contributed by atoms with Crippen molar-refractivity contribution in [3.63, 3.8) is 0 Å². The van der Waals surface area contributed by atoms with E-state index in [2.05, 4.69) is 60.6 Å². The number of rotatable bonds is 6. The van der Waals surface area contributed by atoms with Crippen molar-refractivity contribution in [1.29, 1.82) is 0 Å². The summed E-state index contributed by atoms with van der Waals surface area (Å²) in [6.07, 6.45) is 0. The molecule has 7 heteroatoms. The lowest BCUT2D eigenvalue weighted by molar-refractivity contribution is -0.113. The van der Waals surface area contributed by atoms with Crippen LogP contribution in [-0.4, -0.2) is 26.4 Å². The van der Waals surface area contributed by atoms with E-state index < -0.39 is 5.82 Å². The summed E-state index contributed by atoms with van der Waals surface area (Å²) in [6, 6.07) is 22.3. The van der Waals surface area contributed by atoms with Crippen LogP contribution >= 0.6 is 11.8 Å². The number of hydrogen-bond acceptors (Lipinski definition) is 4. The number of thioether (sulfide) groups is 1. The number of hydrogen-bond donors (Lipinski definition) is 1. The van der Waals surface area contributed by atoms with Crippen LogP contribution in [0.5, 0.6) is 0 Å². The van der Waals surface area contributed by atoms with E-state index in [9.17, 15) is 9.18 Å². The average Bonchev–Trinajstić information content (AvgIpc) is 3.22. The fraction of sp³-hybridized carbons (Fsp3) is 0.222. The van der Waals surface area contributed by atoms with E-state index in [0.717, 1.165) is 16.8 Å². The third kappa shape index (κ3) is 5.54. The van der Waals surface area contributed by atoms with Crippen molar-refractivity contribution in [3.8, 4) is 17.1 Å². The van der Waals surface area contributed by atoms with Gasteiger partial charge in [0.25, 0.3) is 0 Å². The fourth-order valence-electron chi connectivity index (χ4n) is 3.49. The first-order chi connectivity index (χ1) is 16.2. The van der Waals surface area contributed by atoms with Gasteiger partial charge in [0.2, 0.25) is 5.91 Å². The number of halogens is 1. The number of nitrogens with zero attached hydrogens (tertiary/aromatic N) is 3. The molecule has 0 unspecified atom stereocenters. The Labute approximate surface area is 203 Å². The summed E-state index contributed by atoms with van der Waals surface area (Å²) in [4.78, 5) is 12.5. The van der Waals surface area contributed by atoms with Crippen LogP contribution < -0.4 is 5.32 Å². The van der Waals surface area contributed by atoms with Crippen LogP contribution in [0.4, 0.5) is 10.1 Å². The number of aromatic nitrogens is 3. The summed E-state index contributed by atoms with van der Waals surface area (Å²) < 4.78 is 15.4. The second-order valence-corrected chi connectivity index (χ2v) is 10.1. The topological polar surface area (TPSA) is 59.8 Å². The van der Waals surface area contributed by atoms with E-state index in [1.54, 1.807) is 12.1 Å². The molecule has 4 aromatic rings. The van der Waals surface area contributed by atoms with Crippen molar-refractivity contribution in [2.24, 2.45) is 0 Å². The molecule has 0 bridgehead atoms. The molecule has 4 rings (SSSR count). The van der Waals surface area contributed by atoms with Crippen LogP contribution in [0.15, 0.2) is 78.0 Å². The molecule has 1 aromatic heterocycles. The van der Waals surface area contributed by atoms with E-state index in [0.29, 0.717) is 16.7 Å². The first kappa shape index (κ1) is 23.7. The monoisotopic (exact) mass is 474 g/mol. The Morgan fingerprint density at radius 1 is 1.00 bits per heavy atom. The van der Waals surface area contributed by atoms with Gasteiger partial charge in [-0.25, -0.2) is 4.39 Å². The highest BCUT2D eigenvalue weighted by molar-refractivity contribution is 7.99. The van der Waals surface area contributed by atoms with Crippen LogP contribution in [0.2, 0.25) is 0 Å². The largest absolute Gasteiger partial charge is 0.325 e. The van der Waals surface area contributed by atoms with Gasteiger partial charge in [0.05, 0.1) is 5.75 Å². The summed E-state index contributed by atoms with van der Waals surface area (Å²) in [6.45, 7) is 8.58. The molecule has 0 aliphatic carbocycles. The minimum absolute atomic E-state index is 0.0548. The van der Waals surface area contributed by atoms with Crippen molar-refractivity contribution in [2.75, 3.05) is 11.1 Å². The lowest BCUT2D eigenvalue weighted by atomic mass is 9.87. The SMILES string of the molecule is Cc1ccc(-n2c(SCC(=O)Nc3cccc(F)c3)nnc2-c2ccc(C(C)(C)C)cc2)cc1. The van der Waals surface area contributed by atoms with Crippen molar-refractivity contribution in [3.05, 3.63) is 89.7 Å². The van der Waals surface area contributed by atoms with Gasteiger partial charge < -0.3 is 5.32 Å². The van der Waals surface area contributed by atoms with Gasteiger partial charge in [-0.05, 0) is 48.2 Å². The molecule has 174 valence electrons. The number of amides is 1. The maximum Gasteiger partial charge on any atom is 0.234 e. The quantitative estimate of drug-likeness (QED) is 0.328. The predicted molar refractivity (Wildman–Crippen MR) is 136 cm³/mol. The first-order valence-electron chi connectivity index (χ1n) is 11.0. The summed E-state index contributed by atoms with van der Waals surface area (Å²) in [5, 5.41) is 12.2. The third-order valence-electron chi connectivity index (χ3n) is 5.38. The van der Waals surface area contributed by atoms with E-state index >= 15 is 0 Å². The number of carbonyl (C=O) groups is 1. The summed E-state index contributed by atoms with van der Waals surface area (Å²) in [7, 11) is 0. The van der Waals surface area contributed by atoms with Gasteiger partial charge in [-0.2, -0.15) is 0 Å². The number of aryl methyl sites for hydroxylation is 1. The first-order valence-corrected chi connectivity index (χ1v) is 12.0. The molecule has 1 N–H and O–H groups in total. The standard InChI is InChI=1S/C27H27FN4OS/c1-18-8-14-23(15-9-18)32-25(19-10-12-20(13-11-19)27(2,3)4)30-31-26(32)34-17-24(33)29-22-7-5-6-21(28)16-22/h5-16H,17H2,1-4H3,(H,29,33). The van der Waals surface area contributed by atoms with Crippen LogP contribution in [0.1, 0.15) is 31.9 Å². The molecule has 5 nitrogen and oxygen atoms in total. The molecule has 0 aliphatic heterocycles. The Morgan fingerprint density at radius 3 is 2.35 bits per heavy atom. The molecule has 0 saturated heterocycles. The van der Waals surface area contributed by atoms with Crippen molar-refractivity contribution in [2.45, 2.75) is 38.3 Å². The van der Waals surface area contributed by atoms with Gasteiger partial charge in [0, 0.05) is 16.9 Å². The number of benzene rings is 3. The van der Waals surface area contributed by atoms with Gasteiger partial charge in [-0.15, -0.1) is 10.2 Å². The highest BCUT2D eigenvalue weighted by atomic mass is 32.2. The van der Waals surface area contributed by atoms with Crippen molar-refractivity contribution in [1.82, 2.24) is 14.8 Å². The second kappa shape index (κ2) is 9.81. The highest BCUT2D eigenvalue weighted by Gasteiger charge is 2.19. The van der Waals surface area contributed by atoms with E-state index in [1.165, 1.54) is 29.5 Å². The Morgan fingerprint density at radius 2 is 1.71 bits per heavy atom. The molecule has 0 atom stereocenters. The second-order valence-electron chi connectivity index (χ2n) is 9.15. The van der Waals surface area contributed by atoms with Gasteiger partial charge in [-0.3, -0.25) is 9.36 Å². The summed E-state index contributed by atoms with van der Waals surface area (Å²) in [5.41, 5.74) is 4.72. The number of anilines is 1. The molecule has 3 aromatic carbocycles. The molecule has 0 spiro atoms. The fourth-order valence-corrected chi connectivity index (χ4v) is 4.24. The third-order valence-corrected chi connectivity index (χ3v) is 6.30. The maximum absolute atomic E-state index is 13.4. The molecule has 1 amide bonds. The van der Waals surface area contributed by atoms with Gasteiger partial charge >= 0.3 is 0 Å². The normalized spacial score (nSPS) is 11.4. The van der Waals surface area contributed by atoms with Crippen LogP contribution in [0, 0.1) is 12.7 Å². The lowest BCUT2D eigenvalue weighted by Crippen LogP contribution is -2.14. The smallest absolute Gasteiger partial charge is 0.234 e. The molecule has 0 saturated carbocycles. The van der Waals surface area contributed by atoms with Gasteiger partial charge in [0.15, 0.2) is 11.0 Å². The maximum atomic E-state index is 13.4. The summed E-state index contributed by atoms with van der Waals surface area (Å²) >= 11 is 1.28. The predicted octanol–water partition coefficient (Wildman–Crippen LogP) is 6.41. The average molecular weight is 475 g/mol. The molecule has 0 fully saturated rings. The summed E-state index contributed by atoms with van der Waals surface area (Å²) in [5.74, 6) is 0.179. The molecule has 1 heterocycles. The number of carbonyl (C=O) groups excluding carboxylic acids is 1. The van der Waals surface area contributed by atoms with E-state index in [1.807, 2.05) is 35.8 Å². The Bertz CT molecular complexity index is 1290. The minimum Gasteiger partial charge on any atom is -0.325 e. The van der Waals surface area contributed by atoms with E-state index in [-0.39, 0.29) is 17.1 Å². The highest BCUT2D eigenvalue weighted by Crippen LogP contribution is 2.30. The molecule has 34 heavy (non-hydrogen) atoms. The minimum atomic E-state index is -0.397. The van der Waals surface area contributed by atoms with Crippen molar-refractivity contribution >= 4 is 23.4 Å². The zero-order valence-corrected chi connectivity index (χ0v) is 20.5. The Kier molecular flexibility index (Phi) is 6.84. The lowest BCUT2D eigenvalue weighted by Gasteiger charge is -2.19. The molecular weight excluding hydrogens is 447 g/mol. The van der Waals surface area contributed by atoms with Crippen LogP contribution in [-0.2, 0) is 10.2 Å². The number of nitrogens with one attached hydrogen (secondary N) is 1. The van der Waals surface area contributed by atoms with Crippen molar-refractivity contribution < 1.29 is 9.18 Å².